The van der Waals surface area contributed by atoms with Gasteiger partial charge in [-0.2, -0.15) is 4.31 Å². The molecule has 1 aromatic carbocycles. The molecule has 1 aromatic rings. The van der Waals surface area contributed by atoms with Crippen LogP contribution in [0.2, 0.25) is 0 Å². The Hall–Kier alpha value is -1.18. The number of halogens is 1. The number of piperazine rings is 1. The Labute approximate surface area is 119 Å². The molecule has 20 heavy (non-hydrogen) atoms. The van der Waals surface area contributed by atoms with E-state index >= 15 is 0 Å². The third-order valence-electron chi connectivity index (χ3n) is 3.67. The van der Waals surface area contributed by atoms with E-state index in [9.17, 15) is 12.8 Å². The Morgan fingerprint density at radius 2 is 2.05 bits per heavy atom. The van der Waals surface area contributed by atoms with Crippen LogP contribution in [-0.2, 0) is 10.0 Å². The number of sulfonamides is 1. The molecular formula is C13H20FN3O2S. The summed E-state index contributed by atoms with van der Waals surface area (Å²) in [5, 5.41) is 0. The number of anilines is 1. The monoisotopic (exact) mass is 301 g/mol. The van der Waals surface area contributed by atoms with Gasteiger partial charge in [-0.15, -0.1) is 0 Å². The van der Waals surface area contributed by atoms with Crippen LogP contribution in [-0.4, -0.2) is 49.8 Å². The molecule has 1 atom stereocenters. The highest BCUT2D eigenvalue weighted by molar-refractivity contribution is 7.89. The van der Waals surface area contributed by atoms with Gasteiger partial charge in [-0.3, -0.25) is 4.90 Å². The van der Waals surface area contributed by atoms with Crippen molar-refractivity contribution in [1.82, 2.24) is 9.21 Å². The lowest BCUT2D eigenvalue weighted by molar-refractivity contribution is 0.135. The molecule has 0 amide bonds. The molecular weight excluding hydrogens is 281 g/mol. The number of nitrogens with two attached hydrogens (primary N) is 1. The van der Waals surface area contributed by atoms with Gasteiger partial charge in [0.2, 0.25) is 10.0 Å². The second-order valence-electron chi connectivity index (χ2n) is 5.06. The van der Waals surface area contributed by atoms with E-state index in [0.29, 0.717) is 19.6 Å². The van der Waals surface area contributed by atoms with Crippen LogP contribution < -0.4 is 5.73 Å². The Morgan fingerprint density at radius 3 is 2.60 bits per heavy atom. The predicted octanol–water partition coefficient (Wildman–Crippen LogP) is 1.12. The number of hydrogen-bond donors (Lipinski definition) is 1. The van der Waals surface area contributed by atoms with Crippen LogP contribution in [0.5, 0.6) is 0 Å². The van der Waals surface area contributed by atoms with Gasteiger partial charge in [0.25, 0.3) is 0 Å². The summed E-state index contributed by atoms with van der Waals surface area (Å²) < 4.78 is 39.8. The first kappa shape index (κ1) is 15.2. The molecule has 7 heteroatoms. The molecule has 1 aliphatic rings. The minimum atomic E-state index is -3.68. The second-order valence-corrected chi connectivity index (χ2v) is 7.00. The molecule has 2 rings (SSSR count). The molecule has 0 saturated carbocycles. The summed E-state index contributed by atoms with van der Waals surface area (Å²) in [6.45, 7) is 6.44. The predicted molar refractivity (Wildman–Crippen MR) is 76.3 cm³/mol. The van der Waals surface area contributed by atoms with Crippen molar-refractivity contribution >= 4 is 15.7 Å². The highest BCUT2D eigenvalue weighted by Gasteiger charge is 2.31. The van der Waals surface area contributed by atoms with Crippen molar-refractivity contribution in [3.63, 3.8) is 0 Å². The van der Waals surface area contributed by atoms with E-state index in [2.05, 4.69) is 4.90 Å². The number of likely N-dealkylation sites (N-methyl/N-ethyl adjacent to an activating group) is 1. The zero-order valence-corrected chi connectivity index (χ0v) is 12.5. The minimum Gasteiger partial charge on any atom is -0.399 e. The Bertz CT molecular complexity index is 571. The second kappa shape index (κ2) is 5.67. The summed E-state index contributed by atoms with van der Waals surface area (Å²) in [5.41, 5.74) is 5.64. The van der Waals surface area contributed by atoms with E-state index in [0.717, 1.165) is 18.7 Å². The molecule has 0 bridgehead atoms. The van der Waals surface area contributed by atoms with Crippen molar-refractivity contribution in [1.29, 1.82) is 0 Å². The van der Waals surface area contributed by atoms with E-state index in [-0.39, 0.29) is 16.6 Å². The third-order valence-corrected chi connectivity index (χ3v) is 5.51. The lowest BCUT2D eigenvalue weighted by Crippen LogP contribution is -2.53. The fourth-order valence-corrected chi connectivity index (χ4v) is 4.11. The average molecular weight is 301 g/mol. The summed E-state index contributed by atoms with van der Waals surface area (Å²) in [6, 6.07) is 3.57. The molecule has 5 nitrogen and oxygen atoms in total. The third kappa shape index (κ3) is 2.94. The Balaban J connectivity index is 2.27. The van der Waals surface area contributed by atoms with Gasteiger partial charge in [0.15, 0.2) is 0 Å². The summed E-state index contributed by atoms with van der Waals surface area (Å²) in [5.74, 6) is -0.635. The average Bonchev–Trinajstić information content (AvgIpc) is 2.37. The largest absolute Gasteiger partial charge is 0.399 e. The molecule has 0 spiro atoms. The SMILES string of the molecule is CCN1CCN(S(=O)(=O)c2cc(N)cc(F)c2)CC1C. The van der Waals surface area contributed by atoms with Gasteiger partial charge >= 0.3 is 0 Å². The topological polar surface area (TPSA) is 66.6 Å². The number of nitrogens with zero attached hydrogens (tertiary/aromatic N) is 2. The zero-order chi connectivity index (χ0) is 14.9. The number of hydrogen-bond acceptors (Lipinski definition) is 4. The first-order valence-electron chi connectivity index (χ1n) is 6.65. The van der Waals surface area contributed by atoms with Crippen molar-refractivity contribution in [2.45, 2.75) is 24.8 Å². The van der Waals surface area contributed by atoms with Gasteiger partial charge in [-0.05, 0) is 31.7 Å². The fraction of sp³-hybridized carbons (Fsp3) is 0.538. The summed E-state index contributed by atoms with van der Waals surface area (Å²) >= 11 is 0. The van der Waals surface area contributed by atoms with Crippen molar-refractivity contribution in [2.24, 2.45) is 0 Å². The molecule has 1 heterocycles. The van der Waals surface area contributed by atoms with Crippen LogP contribution in [0.15, 0.2) is 23.1 Å². The van der Waals surface area contributed by atoms with Gasteiger partial charge in [0.1, 0.15) is 5.82 Å². The van der Waals surface area contributed by atoms with Gasteiger partial charge < -0.3 is 5.73 Å². The molecule has 2 N–H and O–H groups in total. The van der Waals surface area contributed by atoms with Crippen LogP contribution in [0.4, 0.5) is 10.1 Å². The van der Waals surface area contributed by atoms with Crippen molar-refractivity contribution < 1.29 is 12.8 Å². The van der Waals surface area contributed by atoms with Crippen molar-refractivity contribution in [3.05, 3.63) is 24.0 Å². The Morgan fingerprint density at radius 1 is 1.35 bits per heavy atom. The molecule has 112 valence electrons. The first-order chi connectivity index (χ1) is 9.34. The molecule has 1 saturated heterocycles. The molecule has 1 fully saturated rings. The molecule has 1 aliphatic heterocycles. The Kier molecular flexibility index (Phi) is 4.31. The van der Waals surface area contributed by atoms with Crippen molar-refractivity contribution in [2.75, 3.05) is 31.9 Å². The summed E-state index contributed by atoms with van der Waals surface area (Å²) in [4.78, 5) is 2.14. The van der Waals surface area contributed by atoms with Crippen LogP contribution in [0.3, 0.4) is 0 Å². The van der Waals surface area contributed by atoms with Gasteiger partial charge in [-0.1, -0.05) is 6.92 Å². The standard InChI is InChI=1S/C13H20FN3O2S/c1-3-16-4-5-17(9-10(16)2)20(18,19)13-7-11(14)6-12(15)8-13/h6-8,10H,3-5,9,15H2,1-2H3. The fourth-order valence-electron chi connectivity index (χ4n) is 2.53. The molecule has 0 radical (unpaired) electrons. The van der Waals surface area contributed by atoms with Gasteiger partial charge in [0.05, 0.1) is 4.90 Å². The quantitative estimate of drug-likeness (QED) is 0.850. The van der Waals surface area contributed by atoms with E-state index < -0.39 is 15.8 Å². The maximum Gasteiger partial charge on any atom is 0.243 e. The van der Waals surface area contributed by atoms with E-state index in [1.165, 1.54) is 10.4 Å². The number of nitrogen functional groups attached to an aromatic ring is 1. The van der Waals surface area contributed by atoms with Crippen LogP contribution in [0, 0.1) is 5.82 Å². The van der Waals surface area contributed by atoms with Crippen LogP contribution in [0.25, 0.3) is 0 Å². The lowest BCUT2D eigenvalue weighted by atomic mass is 10.2. The van der Waals surface area contributed by atoms with Gasteiger partial charge in [0, 0.05) is 31.4 Å². The van der Waals surface area contributed by atoms with Gasteiger partial charge in [-0.25, -0.2) is 12.8 Å². The highest BCUT2D eigenvalue weighted by Crippen LogP contribution is 2.22. The van der Waals surface area contributed by atoms with Crippen LogP contribution in [0.1, 0.15) is 13.8 Å². The van der Waals surface area contributed by atoms with E-state index in [4.69, 9.17) is 5.73 Å². The molecule has 0 aliphatic carbocycles. The molecule has 0 aromatic heterocycles. The zero-order valence-electron chi connectivity index (χ0n) is 11.7. The summed E-state index contributed by atoms with van der Waals surface area (Å²) in [7, 11) is -3.68. The van der Waals surface area contributed by atoms with Crippen molar-refractivity contribution in [3.8, 4) is 0 Å². The number of rotatable bonds is 3. The minimum absolute atomic E-state index is 0.0767. The number of benzene rings is 1. The van der Waals surface area contributed by atoms with E-state index in [1.54, 1.807) is 0 Å². The maximum absolute atomic E-state index is 13.3. The maximum atomic E-state index is 13.3. The lowest BCUT2D eigenvalue weighted by Gasteiger charge is -2.38. The first-order valence-corrected chi connectivity index (χ1v) is 8.09. The van der Waals surface area contributed by atoms with Crippen LogP contribution >= 0.6 is 0 Å². The summed E-state index contributed by atoms with van der Waals surface area (Å²) in [6.07, 6.45) is 0. The smallest absolute Gasteiger partial charge is 0.243 e. The normalized spacial score (nSPS) is 22.1. The molecule has 1 unspecified atom stereocenters. The highest BCUT2D eigenvalue weighted by atomic mass is 32.2. The van der Waals surface area contributed by atoms with E-state index in [1.807, 2.05) is 13.8 Å².